The third-order valence-corrected chi connectivity index (χ3v) is 4.69. The number of nitrogens with zero attached hydrogens (tertiary/aromatic N) is 4. The van der Waals surface area contributed by atoms with Crippen molar-refractivity contribution in [1.29, 1.82) is 0 Å². The molecule has 0 aliphatic heterocycles. The molecule has 4 nitrogen and oxygen atoms in total. The van der Waals surface area contributed by atoms with Gasteiger partial charge in [0.2, 0.25) is 0 Å². The van der Waals surface area contributed by atoms with Crippen molar-refractivity contribution >= 4 is 16.9 Å². The fraction of sp³-hybridized carbons (Fsp3) is 0.278. The molecule has 5 heteroatoms. The summed E-state index contributed by atoms with van der Waals surface area (Å²) in [7, 11) is 0. The lowest BCUT2D eigenvalue weighted by Gasteiger charge is -2.09. The minimum atomic E-state index is 0.814. The summed E-state index contributed by atoms with van der Waals surface area (Å²) in [6, 6.07) is 2.20. The van der Waals surface area contributed by atoms with Crippen LogP contribution in [-0.4, -0.2) is 19.5 Å². The summed E-state index contributed by atoms with van der Waals surface area (Å²) >= 11 is 1.60. The molecule has 3 rings (SSSR count). The second-order valence-electron chi connectivity index (χ2n) is 5.59. The zero-order valence-corrected chi connectivity index (χ0v) is 14.5. The molecule has 0 aliphatic carbocycles. The first-order chi connectivity index (χ1) is 11.1. The van der Waals surface area contributed by atoms with Gasteiger partial charge in [-0.25, -0.2) is 4.98 Å². The summed E-state index contributed by atoms with van der Waals surface area (Å²) in [4.78, 5) is 13.2. The molecule has 23 heavy (non-hydrogen) atoms. The number of aromatic nitrogens is 4. The Morgan fingerprint density at radius 1 is 1.30 bits per heavy atom. The van der Waals surface area contributed by atoms with E-state index >= 15 is 0 Å². The van der Waals surface area contributed by atoms with Crippen molar-refractivity contribution in [2.75, 3.05) is 0 Å². The van der Waals surface area contributed by atoms with Gasteiger partial charge in [0.1, 0.15) is 10.7 Å². The van der Waals surface area contributed by atoms with Crippen LogP contribution in [0, 0.1) is 6.92 Å². The maximum atomic E-state index is 4.77. The van der Waals surface area contributed by atoms with E-state index in [9.17, 15) is 0 Å². The molecule has 0 aromatic carbocycles. The average Bonchev–Trinajstić information content (AvgIpc) is 3.15. The van der Waals surface area contributed by atoms with Crippen molar-refractivity contribution in [3.05, 3.63) is 47.9 Å². The van der Waals surface area contributed by atoms with E-state index in [4.69, 9.17) is 4.98 Å². The summed E-state index contributed by atoms with van der Waals surface area (Å²) in [6.07, 6.45) is 6.20. The van der Waals surface area contributed by atoms with Crippen molar-refractivity contribution in [2.45, 2.75) is 33.7 Å². The largest absolute Gasteiger partial charge is 0.343 e. The third-order valence-electron chi connectivity index (χ3n) is 3.82. The fourth-order valence-corrected chi connectivity index (χ4v) is 3.49. The van der Waals surface area contributed by atoms with Gasteiger partial charge >= 0.3 is 0 Å². The van der Waals surface area contributed by atoms with E-state index in [1.54, 1.807) is 29.9 Å². The van der Waals surface area contributed by atoms with Crippen LogP contribution >= 0.6 is 11.3 Å². The molecule has 0 aliphatic rings. The molecular formula is C18H20N4S. The topological polar surface area (TPSA) is 43.6 Å². The highest BCUT2D eigenvalue weighted by atomic mass is 32.1. The molecule has 0 amide bonds. The van der Waals surface area contributed by atoms with Crippen LogP contribution in [0.2, 0.25) is 0 Å². The van der Waals surface area contributed by atoms with E-state index in [1.807, 2.05) is 0 Å². The Labute approximate surface area is 140 Å². The van der Waals surface area contributed by atoms with Crippen molar-refractivity contribution in [1.82, 2.24) is 19.5 Å². The fourth-order valence-electron chi connectivity index (χ4n) is 2.72. The first kappa shape index (κ1) is 15.6. The van der Waals surface area contributed by atoms with E-state index in [2.05, 4.69) is 53.3 Å². The second kappa shape index (κ2) is 6.46. The highest BCUT2D eigenvalue weighted by Crippen LogP contribution is 2.32. The number of hydrogen-bond acceptors (Lipinski definition) is 4. The summed E-state index contributed by atoms with van der Waals surface area (Å²) in [6.45, 7) is 11.5. The van der Waals surface area contributed by atoms with E-state index < -0.39 is 0 Å². The standard InChI is InChI=1S/C18H20N4S/c1-5-8-22-13(4)14(12(2)3)9-17(22)16-11-23-18(21-16)15-10-19-6-7-20-15/h6-7,9-11H,2,5,8H2,1,3-4H3. The predicted octanol–water partition coefficient (Wildman–Crippen LogP) is 4.82. The molecule has 3 heterocycles. The Kier molecular flexibility index (Phi) is 4.39. The maximum Gasteiger partial charge on any atom is 0.144 e. The van der Waals surface area contributed by atoms with Gasteiger partial charge in [-0.2, -0.15) is 0 Å². The van der Waals surface area contributed by atoms with E-state index in [-0.39, 0.29) is 0 Å². The zero-order valence-electron chi connectivity index (χ0n) is 13.7. The Balaban J connectivity index is 2.07. The molecule has 0 N–H and O–H groups in total. The lowest BCUT2D eigenvalue weighted by atomic mass is 10.1. The number of thiazole rings is 1. The molecule has 0 saturated carbocycles. The van der Waals surface area contributed by atoms with E-state index in [0.29, 0.717) is 0 Å². The van der Waals surface area contributed by atoms with Crippen molar-refractivity contribution in [3.8, 4) is 22.1 Å². The lowest BCUT2D eigenvalue weighted by Crippen LogP contribution is -2.02. The number of allylic oxidation sites excluding steroid dienone is 1. The molecule has 118 valence electrons. The number of hydrogen-bond donors (Lipinski definition) is 0. The van der Waals surface area contributed by atoms with Gasteiger partial charge in [0.25, 0.3) is 0 Å². The van der Waals surface area contributed by atoms with Gasteiger partial charge in [0, 0.05) is 30.0 Å². The van der Waals surface area contributed by atoms with Gasteiger partial charge in [-0.15, -0.1) is 11.3 Å². The minimum absolute atomic E-state index is 0.814. The average molecular weight is 324 g/mol. The zero-order chi connectivity index (χ0) is 16.4. The van der Waals surface area contributed by atoms with Crippen LogP contribution < -0.4 is 0 Å². The Morgan fingerprint density at radius 2 is 2.13 bits per heavy atom. The van der Waals surface area contributed by atoms with Crippen LogP contribution in [0.4, 0.5) is 0 Å². The van der Waals surface area contributed by atoms with Gasteiger partial charge in [-0.05, 0) is 37.5 Å². The Hall–Kier alpha value is -2.27. The molecule has 0 unspecified atom stereocenters. The first-order valence-electron chi connectivity index (χ1n) is 7.70. The van der Waals surface area contributed by atoms with Crippen molar-refractivity contribution in [2.24, 2.45) is 0 Å². The molecule has 0 fully saturated rings. The van der Waals surface area contributed by atoms with Crippen LogP contribution in [0.3, 0.4) is 0 Å². The first-order valence-corrected chi connectivity index (χ1v) is 8.58. The molecule has 0 atom stereocenters. The normalized spacial score (nSPS) is 10.9. The Morgan fingerprint density at radius 3 is 2.78 bits per heavy atom. The highest BCUT2D eigenvalue weighted by molar-refractivity contribution is 7.13. The summed E-state index contributed by atoms with van der Waals surface area (Å²) in [5, 5.41) is 2.99. The van der Waals surface area contributed by atoms with Crippen LogP contribution in [0.1, 0.15) is 31.5 Å². The lowest BCUT2D eigenvalue weighted by molar-refractivity contribution is 0.670. The third kappa shape index (κ3) is 2.97. The van der Waals surface area contributed by atoms with E-state index in [1.165, 1.54) is 11.3 Å². The molecule has 3 aromatic heterocycles. The predicted molar refractivity (Wildman–Crippen MR) is 96.3 cm³/mol. The molecule has 0 radical (unpaired) electrons. The highest BCUT2D eigenvalue weighted by Gasteiger charge is 2.16. The summed E-state index contributed by atoms with van der Waals surface area (Å²) in [5.74, 6) is 0. The second-order valence-corrected chi connectivity index (χ2v) is 6.45. The monoisotopic (exact) mass is 324 g/mol. The van der Waals surface area contributed by atoms with Crippen LogP contribution in [0.25, 0.3) is 27.7 Å². The van der Waals surface area contributed by atoms with Crippen molar-refractivity contribution < 1.29 is 0 Å². The molecule has 0 bridgehead atoms. The summed E-state index contributed by atoms with van der Waals surface area (Å²) in [5.41, 5.74) is 6.50. The number of rotatable bonds is 5. The van der Waals surface area contributed by atoms with E-state index in [0.717, 1.165) is 40.6 Å². The molecule has 0 saturated heterocycles. The van der Waals surface area contributed by atoms with Gasteiger partial charge < -0.3 is 4.57 Å². The molecular weight excluding hydrogens is 304 g/mol. The Bertz CT molecular complexity index is 830. The summed E-state index contributed by atoms with van der Waals surface area (Å²) < 4.78 is 2.33. The SMILES string of the molecule is C=C(C)c1cc(-c2csc(-c3cnccn3)n2)n(CCC)c1C. The van der Waals surface area contributed by atoms with Gasteiger partial charge in [-0.3, -0.25) is 9.97 Å². The minimum Gasteiger partial charge on any atom is -0.343 e. The van der Waals surface area contributed by atoms with Gasteiger partial charge in [0.05, 0.1) is 17.6 Å². The van der Waals surface area contributed by atoms with Crippen LogP contribution in [0.15, 0.2) is 36.6 Å². The maximum absolute atomic E-state index is 4.77. The quantitative estimate of drug-likeness (QED) is 0.676. The van der Waals surface area contributed by atoms with Crippen LogP contribution in [0.5, 0.6) is 0 Å². The molecule has 3 aromatic rings. The smallest absolute Gasteiger partial charge is 0.144 e. The van der Waals surface area contributed by atoms with Gasteiger partial charge in [0.15, 0.2) is 0 Å². The van der Waals surface area contributed by atoms with Crippen molar-refractivity contribution in [3.63, 3.8) is 0 Å². The van der Waals surface area contributed by atoms with Gasteiger partial charge in [-0.1, -0.05) is 13.5 Å². The van der Waals surface area contributed by atoms with Crippen LogP contribution in [-0.2, 0) is 6.54 Å². The molecule has 0 spiro atoms.